The van der Waals surface area contributed by atoms with E-state index in [2.05, 4.69) is 203 Å². The van der Waals surface area contributed by atoms with Gasteiger partial charge in [0, 0.05) is 0 Å². The Morgan fingerprint density at radius 1 is 0.571 bits per heavy atom. The van der Waals surface area contributed by atoms with Crippen LogP contribution in [0.25, 0.3) is 60.6 Å². The van der Waals surface area contributed by atoms with Gasteiger partial charge in [0.1, 0.15) is 0 Å². The number of fused-ring (bicyclic) bond motifs is 4. The van der Waals surface area contributed by atoms with E-state index in [1.54, 1.807) is 0 Å². The SMILES string of the molecule is CC/C(=C\C=C/Cc1c2c(c(-c3ccc(-c4ccccc4)cc3)c3ccccc13)CCC=C2)B(c1c(C)ccc2ccccc12)c1c(C)ccc2ccccc12. The van der Waals surface area contributed by atoms with Crippen LogP contribution in [0, 0.1) is 13.8 Å². The third-order valence-corrected chi connectivity index (χ3v) is 12.1. The molecule has 0 aromatic heterocycles. The van der Waals surface area contributed by atoms with E-state index in [0.29, 0.717) is 0 Å². The first kappa shape index (κ1) is 35.5. The molecule has 0 atom stereocenters. The van der Waals surface area contributed by atoms with E-state index in [-0.39, 0.29) is 6.71 Å². The molecule has 1 aliphatic carbocycles. The average Bonchev–Trinajstić information content (AvgIpc) is 3.25. The average molecular weight is 719 g/mol. The highest BCUT2D eigenvalue weighted by molar-refractivity contribution is 6.94. The Hall–Kier alpha value is -6.18. The van der Waals surface area contributed by atoms with Crippen molar-refractivity contribution in [2.75, 3.05) is 0 Å². The molecule has 0 unspecified atom stereocenters. The van der Waals surface area contributed by atoms with Crippen LogP contribution in [-0.4, -0.2) is 6.71 Å². The summed E-state index contributed by atoms with van der Waals surface area (Å²) in [6.45, 7) is 7.04. The van der Waals surface area contributed by atoms with E-state index < -0.39 is 0 Å². The molecule has 0 spiro atoms. The minimum atomic E-state index is 0.130. The highest BCUT2D eigenvalue weighted by Crippen LogP contribution is 2.41. The summed E-state index contributed by atoms with van der Waals surface area (Å²) in [5.74, 6) is 0. The van der Waals surface area contributed by atoms with Crippen LogP contribution in [0.4, 0.5) is 0 Å². The fourth-order valence-corrected chi connectivity index (χ4v) is 9.37. The van der Waals surface area contributed by atoms with Gasteiger partial charge in [-0.25, -0.2) is 0 Å². The van der Waals surface area contributed by atoms with Crippen molar-refractivity contribution >= 4 is 56.0 Å². The molecule has 0 N–H and O–H groups in total. The molecule has 8 aromatic carbocycles. The zero-order valence-corrected chi connectivity index (χ0v) is 32.7. The molecule has 0 saturated carbocycles. The van der Waals surface area contributed by atoms with Gasteiger partial charge >= 0.3 is 0 Å². The number of hydrogen-bond donors (Lipinski definition) is 0. The molecule has 8 aromatic rings. The molecular formula is C55H47B. The fourth-order valence-electron chi connectivity index (χ4n) is 9.37. The molecule has 56 heavy (non-hydrogen) atoms. The maximum Gasteiger partial charge on any atom is 0.239 e. The summed E-state index contributed by atoms with van der Waals surface area (Å²) in [5.41, 5.74) is 16.4. The summed E-state index contributed by atoms with van der Waals surface area (Å²) < 4.78 is 0. The quantitative estimate of drug-likeness (QED) is 0.103. The van der Waals surface area contributed by atoms with E-state index in [1.807, 2.05) is 0 Å². The Bertz CT molecular complexity index is 2730. The standard InChI is InChI=1S/C55H47B/c1-4-45(56(54-38(2)30-32-42-20-8-11-23-46(42)54)55-39(3)31-33-43-21-9-12-24-47(43)55)22-10-13-25-48-49-26-14-16-28-51(49)53(52-29-17-15-27-50(48)52)44-36-34-41(35-37-44)40-18-6-5-7-19-40/h5-16,18-24,26-28,30-37H,4,17,25,29H2,1-3H3/b13-10-,45-22+. The van der Waals surface area contributed by atoms with Gasteiger partial charge in [-0.05, 0) is 111 Å². The maximum atomic E-state index is 2.43. The maximum absolute atomic E-state index is 2.43. The zero-order chi connectivity index (χ0) is 38.0. The topological polar surface area (TPSA) is 0 Å². The van der Waals surface area contributed by atoms with Crippen LogP contribution in [-0.2, 0) is 12.8 Å². The number of allylic oxidation sites excluding steroid dienone is 5. The van der Waals surface area contributed by atoms with Crippen molar-refractivity contribution in [3.05, 3.63) is 209 Å². The summed E-state index contributed by atoms with van der Waals surface area (Å²) in [4.78, 5) is 0. The second kappa shape index (κ2) is 15.5. The highest BCUT2D eigenvalue weighted by atomic mass is 14.2. The molecule has 1 heteroatoms. The van der Waals surface area contributed by atoms with Crippen LogP contribution in [0.2, 0.25) is 0 Å². The van der Waals surface area contributed by atoms with Gasteiger partial charge in [-0.3, -0.25) is 0 Å². The van der Waals surface area contributed by atoms with Crippen molar-refractivity contribution < 1.29 is 0 Å². The van der Waals surface area contributed by atoms with Gasteiger partial charge in [-0.15, -0.1) is 0 Å². The first-order valence-corrected chi connectivity index (χ1v) is 20.3. The van der Waals surface area contributed by atoms with Crippen molar-refractivity contribution in [2.24, 2.45) is 0 Å². The summed E-state index contributed by atoms with van der Waals surface area (Å²) >= 11 is 0. The normalized spacial score (nSPS) is 12.9. The lowest BCUT2D eigenvalue weighted by molar-refractivity contribution is 0.984. The highest BCUT2D eigenvalue weighted by Gasteiger charge is 2.29. The van der Waals surface area contributed by atoms with Crippen LogP contribution in [0.1, 0.15) is 47.6 Å². The molecule has 0 radical (unpaired) electrons. The Morgan fingerprint density at radius 2 is 1.12 bits per heavy atom. The molecule has 0 bridgehead atoms. The van der Waals surface area contributed by atoms with Crippen LogP contribution < -0.4 is 10.9 Å². The number of benzene rings is 8. The van der Waals surface area contributed by atoms with Gasteiger partial charge < -0.3 is 0 Å². The second-order valence-corrected chi connectivity index (χ2v) is 15.4. The summed E-state index contributed by atoms with van der Waals surface area (Å²) in [6, 6.07) is 56.0. The van der Waals surface area contributed by atoms with Crippen molar-refractivity contribution in [3.8, 4) is 22.3 Å². The lowest BCUT2D eigenvalue weighted by atomic mass is 9.33. The third kappa shape index (κ3) is 6.52. The number of rotatable bonds is 9. The predicted octanol–water partition coefficient (Wildman–Crippen LogP) is 13.3. The predicted molar refractivity (Wildman–Crippen MR) is 246 cm³/mol. The van der Waals surface area contributed by atoms with Crippen molar-refractivity contribution in [1.29, 1.82) is 0 Å². The molecule has 270 valence electrons. The Labute approximate surface area is 332 Å². The molecule has 0 heterocycles. The number of aryl methyl sites for hydroxylation is 2. The van der Waals surface area contributed by atoms with Crippen molar-refractivity contribution in [1.82, 2.24) is 0 Å². The van der Waals surface area contributed by atoms with Crippen LogP contribution >= 0.6 is 0 Å². The minimum Gasteiger partial charge on any atom is -0.0910 e. The molecule has 0 saturated heterocycles. The van der Waals surface area contributed by atoms with Gasteiger partial charge in [-0.1, -0.05) is 216 Å². The Morgan fingerprint density at radius 3 is 1.77 bits per heavy atom. The molecule has 9 rings (SSSR count). The first-order valence-electron chi connectivity index (χ1n) is 20.3. The van der Waals surface area contributed by atoms with Crippen LogP contribution in [0.3, 0.4) is 0 Å². The van der Waals surface area contributed by atoms with Gasteiger partial charge in [-0.2, -0.15) is 0 Å². The van der Waals surface area contributed by atoms with Crippen LogP contribution in [0.15, 0.2) is 181 Å². The Kier molecular flexibility index (Phi) is 9.84. The molecular weight excluding hydrogens is 671 g/mol. The van der Waals surface area contributed by atoms with Gasteiger partial charge in [0.2, 0.25) is 6.71 Å². The monoisotopic (exact) mass is 718 g/mol. The van der Waals surface area contributed by atoms with E-state index >= 15 is 0 Å². The number of hydrogen-bond acceptors (Lipinski definition) is 0. The summed E-state index contributed by atoms with van der Waals surface area (Å²) in [7, 11) is 0. The summed E-state index contributed by atoms with van der Waals surface area (Å²) in [6.07, 6.45) is 15.9. The van der Waals surface area contributed by atoms with Crippen molar-refractivity contribution in [2.45, 2.75) is 46.5 Å². The largest absolute Gasteiger partial charge is 0.239 e. The van der Waals surface area contributed by atoms with Crippen LogP contribution in [0.5, 0.6) is 0 Å². The molecule has 1 aliphatic rings. The van der Waals surface area contributed by atoms with Crippen molar-refractivity contribution in [3.63, 3.8) is 0 Å². The molecule has 0 fully saturated rings. The lowest BCUT2D eigenvalue weighted by Crippen LogP contribution is -2.47. The molecule has 0 amide bonds. The second-order valence-electron chi connectivity index (χ2n) is 15.4. The van der Waals surface area contributed by atoms with E-state index in [9.17, 15) is 0 Å². The smallest absolute Gasteiger partial charge is 0.0910 e. The zero-order valence-electron chi connectivity index (χ0n) is 32.7. The fraction of sp³-hybridized carbons (Fsp3) is 0.127. The minimum absolute atomic E-state index is 0.130. The van der Waals surface area contributed by atoms with Gasteiger partial charge in [0.05, 0.1) is 0 Å². The Balaban J connectivity index is 1.14. The third-order valence-electron chi connectivity index (χ3n) is 12.1. The van der Waals surface area contributed by atoms with Gasteiger partial charge in [0.25, 0.3) is 0 Å². The van der Waals surface area contributed by atoms with E-state index in [4.69, 9.17) is 0 Å². The van der Waals surface area contributed by atoms with E-state index in [0.717, 1.165) is 25.7 Å². The van der Waals surface area contributed by atoms with Gasteiger partial charge in [0.15, 0.2) is 0 Å². The molecule has 0 nitrogen and oxygen atoms in total. The first-order chi connectivity index (χ1) is 27.6. The van der Waals surface area contributed by atoms with E-state index in [1.165, 1.54) is 98.8 Å². The summed E-state index contributed by atoms with van der Waals surface area (Å²) in [5, 5.41) is 7.96. The molecule has 0 aliphatic heterocycles. The lowest BCUT2D eigenvalue weighted by Gasteiger charge is -2.25.